The monoisotopic (exact) mass is 636 g/mol. The Hall–Kier alpha value is -4.34. The molecule has 1 aliphatic heterocycles. The van der Waals surface area contributed by atoms with Crippen molar-refractivity contribution in [3.05, 3.63) is 143 Å². The third kappa shape index (κ3) is 10.9. The van der Waals surface area contributed by atoms with E-state index in [1.807, 2.05) is 60.7 Å². The van der Waals surface area contributed by atoms with Gasteiger partial charge in [0.25, 0.3) is 0 Å². The van der Waals surface area contributed by atoms with Gasteiger partial charge in [-0.25, -0.2) is 0 Å². The first-order valence-corrected chi connectivity index (χ1v) is 16.3. The zero-order valence-electron chi connectivity index (χ0n) is 26.7. The van der Waals surface area contributed by atoms with Crippen molar-refractivity contribution in [2.45, 2.75) is 76.8 Å². The van der Waals surface area contributed by atoms with Crippen LogP contribution in [0.2, 0.25) is 0 Å². The number of aliphatic hydroxyl groups excluding tert-OH is 1. The van der Waals surface area contributed by atoms with Crippen LogP contribution in [0.5, 0.6) is 0 Å². The molecule has 1 amide bonds. The van der Waals surface area contributed by atoms with Crippen molar-refractivity contribution in [3.63, 3.8) is 0 Å². The van der Waals surface area contributed by atoms with Crippen molar-refractivity contribution in [1.82, 2.24) is 10.2 Å². The average Bonchev–Trinajstić information content (AvgIpc) is 3.10. The molecule has 1 heterocycles. The van der Waals surface area contributed by atoms with Crippen molar-refractivity contribution in [1.29, 1.82) is 0 Å². The van der Waals surface area contributed by atoms with E-state index in [1.54, 1.807) is 0 Å². The number of nitrogens with one attached hydrogen (secondary N) is 1. The molecule has 246 valence electrons. The van der Waals surface area contributed by atoms with Gasteiger partial charge in [0, 0.05) is 51.0 Å². The molecule has 0 unspecified atom stereocenters. The molecule has 3 atom stereocenters. The number of aliphatic hydroxyl groups is 1. The van der Waals surface area contributed by atoms with Crippen molar-refractivity contribution in [2.75, 3.05) is 6.54 Å². The lowest BCUT2D eigenvalue weighted by molar-refractivity contribution is -0.253. The van der Waals surface area contributed by atoms with Crippen molar-refractivity contribution in [2.24, 2.45) is 0 Å². The van der Waals surface area contributed by atoms with Crippen LogP contribution in [0.1, 0.15) is 77.9 Å². The SMILES string of the molecule is O=C(O)CCCCC(=O)NCc1ccc([C@H]2O[C@@H](CN(Cc3ccccc3)Cc3ccccc3)C[C@@H](c3ccc(CO)cc3)O2)cc1. The lowest BCUT2D eigenvalue weighted by Gasteiger charge is -2.38. The summed E-state index contributed by atoms with van der Waals surface area (Å²) in [6, 6.07) is 36.8. The van der Waals surface area contributed by atoms with Gasteiger partial charge in [0.15, 0.2) is 6.29 Å². The molecule has 0 spiro atoms. The molecule has 3 N–H and O–H groups in total. The van der Waals surface area contributed by atoms with Crippen LogP contribution >= 0.6 is 0 Å². The van der Waals surface area contributed by atoms with E-state index in [4.69, 9.17) is 14.6 Å². The molecule has 0 saturated carbocycles. The van der Waals surface area contributed by atoms with E-state index in [0.717, 1.165) is 35.3 Å². The maximum atomic E-state index is 12.2. The van der Waals surface area contributed by atoms with Gasteiger partial charge in [0.1, 0.15) is 0 Å². The zero-order chi connectivity index (χ0) is 32.8. The number of unbranched alkanes of at least 4 members (excludes halogenated alkanes) is 1. The number of aliphatic carboxylic acids is 1. The number of ether oxygens (including phenoxy) is 2. The van der Waals surface area contributed by atoms with Crippen LogP contribution in [0.25, 0.3) is 0 Å². The van der Waals surface area contributed by atoms with E-state index < -0.39 is 12.3 Å². The van der Waals surface area contributed by atoms with Crippen LogP contribution < -0.4 is 5.32 Å². The molecule has 8 nitrogen and oxygen atoms in total. The highest BCUT2D eigenvalue weighted by atomic mass is 16.7. The lowest BCUT2D eigenvalue weighted by atomic mass is 9.99. The Kier molecular flexibility index (Phi) is 12.7. The van der Waals surface area contributed by atoms with E-state index in [2.05, 4.69) is 58.7 Å². The summed E-state index contributed by atoms with van der Waals surface area (Å²) in [5.74, 6) is -0.933. The minimum absolute atomic E-state index is 0.00831. The summed E-state index contributed by atoms with van der Waals surface area (Å²) in [6.07, 6.45) is 1.23. The van der Waals surface area contributed by atoms with E-state index in [9.17, 15) is 14.7 Å². The van der Waals surface area contributed by atoms with E-state index in [0.29, 0.717) is 38.8 Å². The number of rotatable bonds is 16. The Labute approximate surface area is 277 Å². The second-order valence-electron chi connectivity index (χ2n) is 12.1. The van der Waals surface area contributed by atoms with E-state index in [1.165, 1.54) is 11.1 Å². The average molecular weight is 637 g/mol. The number of hydrogen-bond acceptors (Lipinski definition) is 6. The minimum Gasteiger partial charge on any atom is -0.481 e. The Morgan fingerprint density at radius 2 is 1.28 bits per heavy atom. The first kappa shape index (κ1) is 34.0. The molecule has 0 aromatic heterocycles. The molecule has 1 saturated heterocycles. The fraction of sp³-hybridized carbons (Fsp3) is 0.333. The number of benzene rings is 4. The number of nitrogens with zero attached hydrogens (tertiary/aromatic N) is 1. The van der Waals surface area contributed by atoms with Gasteiger partial charge in [-0.05, 0) is 40.7 Å². The summed E-state index contributed by atoms with van der Waals surface area (Å²) < 4.78 is 13.2. The highest BCUT2D eigenvalue weighted by Gasteiger charge is 2.33. The zero-order valence-corrected chi connectivity index (χ0v) is 26.7. The second-order valence-corrected chi connectivity index (χ2v) is 12.1. The predicted molar refractivity (Wildman–Crippen MR) is 180 cm³/mol. The number of hydrogen-bond donors (Lipinski definition) is 3. The summed E-state index contributed by atoms with van der Waals surface area (Å²) in [7, 11) is 0. The molecule has 1 fully saturated rings. The standard InChI is InChI=1S/C39H44N2O6/c42-28-32-17-19-33(20-18-32)36-23-35(27-41(25-30-9-3-1-4-10-30)26-31-11-5-2-6-12-31)46-39(47-36)34-21-15-29(16-22-34)24-40-37(43)13-7-8-14-38(44)45/h1-6,9-12,15-22,35-36,39,42H,7-8,13-14,23-28H2,(H,40,43)(H,44,45)/t35-,36+,39+/m1/s1. The fourth-order valence-electron chi connectivity index (χ4n) is 5.83. The second kappa shape index (κ2) is 17.5. The van der Waals surface area contributed by atoms with Crippen LogP contribution in [0, 0.1) is 0 Å². The van der Waals surface area contributed by atoms with Crippen LogP contribution in [-0.2, 0) is 45.3 Å². The summed E-state index contributed by atoms with van der Waals surface area (Å²) in [5, 5.41) is 21.3. The van der Waals surface area contributed by atoms with Gasteiger partial charge >= 0.3 is 5.97 Å². The molecule has 4 aromatic carbocycles. The minimum atomic E-state index is -0.842. The van der Waals surface area contributed by atoms with Gasteiger partial charge in [0.05, 0.1) is 18.8 Å². The molecule has 4 aromatic rings. The molecular formula is C39H44N2O6. The third-order valence-electron chi connectivity index (χ3n) is 8.36. The number of carboxylic acids is 1. The van der Waals surface area contributed by atoms with Crippen LogP contribution in [0.4, 0.5) is 0 Å². The van der Waals surface area contributed by atoms with Gasteiger partial charge in [-0.3, -0.25) is 14.5 Å². The Balaban J connectivity index is 1.28. The number of amides is 1. The number of carbonyl (C=O) groups excluding carboxylic acids is 1. The van der Waals surface area contributed by atoms with Gasteiger partial charge in [-0.2, -0.15) is 0 Å². The van der Waals surface area contributed by atoms with Gasteiger partial charge < -0.3 is 25.0 Å². The largest absolute Gasteiger partial charge is 0.481 e. The van der Waals surface area contributed by atoms with Crippen LogP contribution in [0.15, 0.2) is 109 Å². The van der Waals surface area contributed by atoms with E-state index >= 15 is 0 Å². The summed E-state index contributed by atoms with van der Waals surface area (Å²) in [6.45, 7) is 2.67. The molecule has 47 heavy (non-hydrogen) atoms. The highest BCUT2D eigenvalue weighted by molar-refractivity contribution is 5.75. The first-order chi connectivity index (χ1) is 22.9. The molecule has 5 rings (SSSR count). The Morgan fingerprint density at radius 3 is 1.87 bits per heavy atom. The maximum absolute atomic E-state index is 12.2. The first-order valence-electron chi connectivity index (χ1n) is 16.3. The topological polar surface area (TPSA) is 108 Å². The molecule has 0 aliphatic carbocycles. The Bertz CT molecular complexity index is 1490. The van der Waals surface area contributed by atoms with E-state index in [-0.39, 0.29) is 31.1 Å². The summed E-state index contributed by atoms with van der Waals surface area (Å²) in [4.78, 5) is 25.3. The third-order valence-corrected chi connectivity index (χ3v) is 8.36. The summed E-state index contributed by atoms with van der Waals surface area (Å²) >= 11 is 0. The van der Waals surface area contributed by atoms with Crippen LogP contribution in [-0.4, -0.2) is 39.6 Å². The molecule has 8 heteroatoms. The smallest absolute Gasteiger partial charge is 0.303 e. The quantitative estimate of drug-likeness (QED) is 0.118. The summed E-state index contributed by atoms with van der Waals surface area (Å²) in [5.41, 5.74) is 6.23. The molecule has 0 radical (unpaired) electrons. The maximum Gasteiger partial charge on any atom is 0.303 e. The highest BCUT2D eigenvalue weighted by Crippen LogP contribution is 2.38. The van der Waals surface area contributed by atoms with Gasteiger partial charge in [-0.15, -0.1) is 0 Å². The normalized spacial score (nSPS) is 17.8. The Morgan fingerprint density at radius 1 is 0.702 bits per heavy atom. The molecular weight excluding hydrogens is 592 g/mol. The number of carbonyl (C=O) groups is 2. The fourth-order valence-corrected chi connectivity index (χ4v) is 5.83. The molecule has 0 bridgehead atoms. The lowest BCUT2D eigenvalue weighted by Crippen LogP contribution is -2.39. The van der Waals surface area contributed by atoms with Crippen molar-refractivity contribution < 1.29 is 29.3 Å². The molecule has 1 aliphatic rings. The number of carboxylic acid groups (broad SMARTS) is 1. The van der Waals surface area contributed by atoms with Gasteiger partial charge in [-0.1, -0.05) is 109 Å². The van der Waals surface area contributed by atoms with Crippen molar-refractivity contribution in [3.8, 4) is 0 Å². The predicted octanol–water partition coefficient (Wildman–Crippen LogP) is 6.69. The van der Waals surface area contributed by atoms with Crippen molar-refractivity contribution >= 4 is 11.9 Å². The van der Waals surface area contributed by atoms with Crippen LogP contribution in [0.3, 0.4) is 0 Å². The van der Waals surface area contributed by atoms with Gasteiger partial charge in [0.2, 0.25) is 5.91 Å².